The van der Waals surface area contributed by atoms with Crippen LogP contribution in [-0.4, -0.2) is 55.6 Å². The number of benzene rings is 4. The van der Waals surface area contributed by atoms with Crippen LogP contribution in [0.3, 0.4) is 0 Å². The number of amides is 2. The fourth-order valence-electron chi connectivity index (χ4n) is 4.63. The lowest BCUT2D eigenvalue weighted by molar-refractivity contribution is -0.141. The number of carbonyl (C=O) groups excluding carboxylic acids is 2. The van der Waals surface area contributed by atoms with Crippen LogP contribution < -0.4 is 5.32 Å². The minimum atomic E-state index is -4.02. The molecule has 10 heteroatoms. The van der Waals surface area contributed by atoms with Gasteiger partial charge in [-0.1, -0.05) is 96.9 Å². The van der Waals surface area contributed by atoms with Gasteiger partial charge in [-0.3, -0.25) is 9.59 Å². The normalized spacial score (nSPS) is 12.3. The molecule has 7 nitrogen and oxygen atoms in total. The minimum Gasteiger partial charge on any atom is -0.354 e. The largest absolute Gasteiger partial charge is 0.354 e. The summed E-state index contributed by atoms with van der Waals surface area (Å²) in [5, 5.41) is 5.26. The number of fused-ring (bicyclic) bond motifs is 1. The quantitative estimate of drug-likeness (QED) is 0.211. The standard InChI is InChI=1S/C32H33Cl2N3O4S/c1-3-17-35-32(39)30(19-23-9-5-4-6-10-23)37(21-24-13-16-28(33)29(34)18-24)31(38)22-36(2)42(40,41)27-15-14-25-11-7-8-12-26(25)20-27/h4-16,18,20,30H,3,17,19,21-22H2,1-2H3,(H,35,39)/t30-/m1/s1. The average molecular weight is 627 g/mol. The molecule has 0 aromatic heterocycles. The highest BCUT2D eigenvalue weighted by Gasteiger charge is 2.33. The number of sulfonamides is 1. The highest BCUT2D eigenvalue weighted by atomic mass is 35.5. The number of nitrogens with one attached hydrogen (secondary N) is 1. The van der Waals surface area contributed by atoms with Crippen LogP contribution in [0.2, 0.25) is 10.0 Å². The van der Waals surface area contributed by atoms with Gasteiger partial charge in [-0.2, -0.15) is 4.31 Å². The predicted molar refractivity (Wildman–Crippen MR) is 168 cm³/mol. The molecule has 0 aliphatic heterocycles. The third-order valence-corrected chi connectivity index (χ3v) is 9.48. The Hall–Kier alpha value is -3.43. The lowest BCUT2D eigenvalue weighted by Gasteiger charge is -2.32. The highest BCUT2D eigenvalue weighted by molar-refractivity contribution is 7.89. The van der Waals surface area contributed by atoms with E-state index in [1.54, 1.807) is 30.3 Å². The van der Waals surface area contributed by atoms with Crippen LogP contribution in [0.15, 0.2) is 95.9 Å². The van der Waals surface area contributed by atoms with Gasteiger partial charge in [0.15, 0.2) is 0 Å². The van der Waals surface area contributed by atoms with Gasteiger partial charge in [0.1, 0.15) is 6.04 Å². The van der Waals surface area contributed by atoms with Gasteiger partial charge in [-0.05, 0) is 52.6 Å². The first kappa shape index (κ1) is 31.5. The molecule has 0 radical (unpaired) electrons. The fraction of sp³-hybridized carbons (Fsp3) is 0.250. The van der Waals surface area contributed by atoms with E-state index in [9.17, 15) is 18.0 Å². The van der Waals surface area contributed by atoms with Gasteiger partial charge in [-0.15, -0.1) is 0 Å². The molecule has 0 unspecified atom stereocenters. The van der Waals surface area contributed by atoms with Gasteiger partial charge in [0.05, 0.1) is 21.5 Å². The summed E-state index contributed by atoms with van der Waals surface area (Å²) in [5.74, 6) is -0.852. The number of carbonyl (C=O) groups is 2. The van der Waals surface area contributed by atoms with E-state index in [1.165, 1.54) is 18.0 Å². The van der Waals surface area contributed by atoms with Crippen molar-refractivity contribution in [2.75, 3.05) is 20.1 Å². The first-order valence-corrected chi connectivity index (χ1v) is 15.8. The molecule has 0 bridgehead atoms. The van der Waals surface area contributed by atoms with Gasteiger partial charge < -0.3 is 10.2 Å². The van der Waals surface area contributed by atoms with Crippen molar-refractivity contribution in [1.82, 2.24) is 14.5 Å². The molecule has 0 saturated carbocycles. The molecule has 4 rings (SSSR count). The average Bonchev–Trinajstić information content (AvgIpc) is 2.99. The van der Waals surface area contributed by atoms with Crippen molar-refractivity contribution in [2.24, 2.45) is 0 Å². The molecule has 2 amide bonds. The lowest BCUT2D eigenvalue weighted by Crippen LogP contribution is -2.53. The third-order valence-electron chi connectivity index (χ3n) is 6.94. The number of nitrogens with zero attached hydrogens (tertiary/aromatic N) is 2. The van der Waals surface area contributed by atoms with Gasteiger partial charge in [0, 0.05) is 26.6 Å². The lowest BCUT2D eigenvalue weighted by atomic mass is 10.0. The van der Waals surface area contributed by atoms with Crippen LogP contribution in [0.25, 0.3) is 10.8 Å². The Balaban J connectivity index is 1.67. The summed E-state index contributed by atoms with van der Waals surface area (Å²) in [6, 6.07) is 25.8. The van der Waals surface area contributed by atoms with E-state index < -0.39 is 28.5 Å². The third kappa shape index (κ3) is 7.69. The van der Waals surface area contributed by atoms with Crippen molar-refractivity contribution >= 4 is 55.8 Å². The first-order chi connectivity index (χ1) is 20.1. The molecule has 0 saturated heterocycles. The van der Waals surface area contributed by atoms with Crippen molar-refractivity contribution in [3.8, 4) is 0 Å². The molecule has 42 heavy (non-hydrogen) atoms. The van der Waals surface area contributed by atoms with Crippen LogP contribution >= 0.6 is 23.2 Å². The van der Waals surface area contributed by atoms with Crippen LogP contribution in [-0.2, 0) is 32.6 Å². The summed E-state index contributed by atoms with van der Waals surface area (Å²) < 4.78 is 28.1. The molecule has 1 N–H and O–H groups in total. The number of halogens is 2. The Morgan fingerprint density at radius 3 is 2.21 bits per heavy atom. The topological polar surface area (TPSA) is 86.8 Å². The summed E-state index contributed by atoms with van der Waals surface area (Å²) in [7, 11) is -2.65. The Labute approximate surface area is 257 Å². The maximum atomic E-state index is 14.0. The van der Waals surface area contributed by atoms with Crippen molar-refractivity contribution < 1.29 is 18.0 Å². The molecule has 0 heterocycles. The first-order valence-electron chi connectivity index (χ1n) is 13.6. The number of likely N-dealkylation sites (N-methyl/N-ethyl adjacent to an activating group) is 1. The summed E-state index contributed by atoms with van der Waals surface area (Å²) in [6.07, 6.45) is 0.960. The van der Waals surface area contributed by atoms with Gasteiger partial charge in [-0.25, -0.2) is 8.42 Å². The Morgan fingerprint density at radius 2 is 1.52 bits per heavy atom. The zero-order valence-corrected chi connectivity index (χ0v) is 25.8. The van der Waals surface area contributed by atoms with Gasteiger partial charge in [0.25, 0.3) is 0 Å². The maximum absolute atomic E-state index is 14.0. The van der Waals surface area contributed by atoms with E-state index in [-0.39, 0.29) is 23.8 Å². The van der Waals surface area contributed by atoms with Gasteiger partial charge in [0.2, 0.25) is 21.8 Å². The number of hydrogen-bond donors (Lipinski definition) is 1. The molecular weight excluding hydrogens is 593 g/mol. The second-order valence-electron chi connectivity index (χ2n) is 10.0. The van der Waals surface area contributed by atoms with Crippen molar-refractivity contribution in [3.05, 3.63) is 112 Å². The van der Waals surface area contributed by atoms with E-state index in [1.807, 2.05) is 61.5 Å². The predicted octanol–water partition coefficient (Wildman–Crippen LogP) is 5.93. The number of rotatable bonds is 12. The number of hydrogen-bond acceptors (Lipinski definition) is 4. The maximum Gasteiger partial charge on any atom is 0.243 e. The monoisotopic (exact) mass is 625 g/mol. The van der Waals surface area contributed by atoms with Crippen LogP contribution in [0.4, 0.5) is 0 Å². The second-order valence-corrected chi connectivity index (χ2v) is 12.9. The van der Waals surface area contributed by atoms with Crippen molar-refractivity contribution in [3.63, 3.8) is 0 Å². The Bertz CT molecular complexity index is 1670. The minimum absolute atomic E-state index is 0.0244. The molecule has 0 spiro atoms. The Morgan fingerprint density at radius 1 is 0.833 bits per heavy atom. The Kier molecular flexibility index (Phi) is 10.6. The molecule has 4 aromatic rings. The molecule has 220 valence electrons. The van der Waals surface area contributed by atoms with E-state index in [4.69, 9.17) is 23.2 Å². The van der Waals surface area contributed by atoms with Crippen LogP contribution in [0.1, 0.15) is 24.5 Å². The van der Waals surface area contributed by atoms with E-state index in [0.717, 1.165) is 27.1 Å². The van der Waals surface area contributed by atoms with E-state index in [0.29, 0.717) is 22.2 Å². The van der Waals surface area contributed by atoms with E-state index in [2.05, 4.69) is 5.32 Å². The summed E-state index contributed by atoms with van der Waals surface area (Å²) in [4.78, 5) is 29.0. The van der Waals surface area contributed by atoms with Crippen LogP contribution in [0.5, 0.6) is 0 Å². The molecule has 4 aromatic carbocycles. The summed E-state index contributed by atoms with van der Waals surface area (Å²) >= 11 is 12.4. The van der Waals surface area contributed by atoms with Gasteiger partial charge >= 0.3 is 0 Å². The molecule has 0 fully saturated rings. The molecule has 1 atom stereocenters. The molecule has 0 aliphatic carbocycles. The molecule has 0 aliphatic rings. The highest BCUT2D eigenvalue weighted by Crippen LogP contribution is 2.25. The zero-order valence-electron chi connectivity index (χ0n) is 23.5. The second kappa shape index (κ2) is 14.2. The SMILES string of the molecule is CCCNC(=O)[C@@H](Cc1ccccc1)N(Cc1ccc(Cl)c(Cl)c1)C(=O)CN(C)S(=O)(=O)c1ccc2ccccc2c1. The summed E-state index contributed by atoms with van der Waals surface area (Å²) in [6.45, 7) is 1.94. The van der Waals surface area contributed by atoms with Crippen LogP contribution in [0, 0.1) is 0 Å². The fourth-order valence-corrected chi connectivity index (χ4v) is 6.11. The summed E-state index contributed by atoms with van der Waals surface area (Å²) in [5.41, 5.74) is 1.51. The van der Waals surface area contributed by atoms with Crippen molar-refractivity contribution in [1.29, 1.82) is 0 Å². The molecular formula is C32H33Cl2N3O4S. The smallest absolute Gasteiger partial charge is 0.243 e. The van der Waals surface area contributed by atoms with E-state index >= 15 is 0 Å². The zero-order chi connectivity index (χ0) is 30.3. The van der Waals surface area contributed by atoms with Crippen molar-refractivity contribution in [2.45, 2.75) is 37.2 Å².